The first-order chi connectivity index (χ1) is 16.8. The molecule has 2 aromatic carbocycles. The molecule has 2 aromatic rings. The van der Waals surface area contributed by atoms with Gasteiger partial charge in [-0.2, -0.15) is 0 Å². The Kier molecular flexibility index (Phi) is 7.65. The number of halogens is 2. The molecule has 1 heterocycles. The summed E-state index contributed by atoms with van der Waals surface area (Å²) in [6, 6.07) is 16.9. The van der Waals surface area contributed by atoms with E-state index in [0.717, 1.165) is 17.2 Å². The Morgan fingerprint density at radius 3 is 2.54 bits per heavy atom. The average Bonchev–Trinajstić information content (AvgIpc) is 3.35. The van der Waals surface area contributed by atoms with Gasteiger partial charge in [-0.1, -0.05) is 68.0 Å². The molecule has 0 bridgehead atoms. The third-order valence-electron chi connectivity index (χ3n) is 6.88. The largest absolute Gasteiger partial charge is 0.462 e. The van der Waals surface area contributed by atoms with E-state index >= 15 is 0 Å². The molecule has 7 heteroatoms. The highest BCUT2D eigenvalue weighted by molar-refractivity contribution is 5.90. The summed E-state index contributed by atoms with van der Waals surface area (Å²) in [6.45, 7) is 1.63. The molecule has 35 heavy (non-hydrogen) atoms. The number of hydrogen-bond donors (Lipinski definition) is 1. The number of alkyl halides is 2. The molecule has 1 saturated heterocycles. The van der Waals surface area contributed by atoms with Crippen LogP contribution in [0.15, 0.2) is 66.7 Å². The lowest BCUT2D eigenvalue weighted by atomic mass is 9.89. The molecule has 1 aliphatic heterocycles. The predicted molar refractivity (Wildman–Crippen MR) is 127 cm³/mol. The number of rotatable bonds is 9. The van der Waals surface area contributed by atoms with Gasteiger partial charge < -0.3 is 14.6 Å². The molecule has 1 N–H and O–H groups in total. The second kappa shape index (κ2) is 10.7. The second-order valence-electron chi connectivity index (χ2n) is 9.30. The lowest BCUT2D eigenvalue weighted by Gasteiger charge is -2.23. The Labute approximate surface area is 203 Å². The van der Waals surface area contributed by atoms with E-state index in [1.165, 1.54) is 6.08 Å². The number of allylic oxidation sites excluding steroid dienone is 1. The highest BCUT2D eigenvalue weighted by Crippen LogP contribution is 2.45. The molecule has 186 valence electrons. The molecular weight excluding hydrogens is 454 g/mol. The monoisotopic (exact) mass is 484 g/mol. The molecule has 5 nitrogen and oxygen atoms in total. The number of fused-ring (bicyclic) bond motifs is 1. The minimum Gasteiger partial charge on any atom is -0.462 e. The predicted octanol–water partition coefficient (Wildman–Crippen LogP) is 5.57. The average molecular weight is 485 g/mol. The van der Waals surface area contributed by atoms with Crippen molar-refractivity contribution in [3.05, 3.63) is 72.3 Å². The summed E-state index contributed by atoms with van der Waals surface area (Å²) < 4.78 is 39.0. The lowest BCUT2D eigenvalue weighted by Crippen LogP contribution is -2.31. The molecule has 1 aliphatic carbocycles. The van der Waals surface area contributed by atoms with Crippen LogP contribution in [0.25, 0.3) is 11.1 Å². The Morgan fingerprint density at radius 1 is 1.17 bits per heavy atom. The van der Waals surface area contributed by atoms with Gasteiger partial charge in [-0.3, -0.25) is 4.79 Å². The molecule has 4 rings (SSSR count). The van der Waals surface area contributed by atoms with Crippen LogP contribution in [0.3, 0.4) is 0 Å². The Hall–Kier alpha value is -3.06. The number of ether oxygens (including phenoxy) is 2. The highest BCUT2D eigenvalue weighted by atomic mass is 19.3. The fourth-order valence-electron chi connectivity index (χ4n) is 5.04. The number of aliphatic hydroxyl groups excluding tert-OH is 1. The van der Waals surface area contributed by atoms with Crippen LogP contribution in [0, 0.1) is 11.8 Å². The van der Waals surface area contributed by atoms with Crippen LogP contribution in [0.2, 0.25) is 0 Å². The third kappa shape index (κ3) is 5.78. The highest BCUT2D eigenvalue weighted by Gasteiger charge is 2.51. The zero-order valence-corrected chi connectivity index (χ0v) is 19.6. The van der Waals surface area contributed by atoms with Gasteiger partial charge in [0.15, 0.2) is 0 Å². The molecule has 0 spiro atoms. The van der Waals surface area contributed by atoms with Crippen molar-refractivity contribution < 1.29 is 33.0 Å². The van der Waals surface area contributed by atoms with E-state index in [4.69, 9.17) is 9.47 Å². The maximum Gasteiger partial charge on any atom is 0.338 e. The maximum absolute atomic E-state index is 13.9. The number of carbonyl (C=O) groups is 2. The summed E-state index contributed by atoms with van der Waals surface area (Å²) in [6.07, 6.45) is 0.568. The van der Waals surface area contributed by atoms with Gasteiger partial charge in [0.25, 0.3) is 5.92 Å². The Balaban J connectivity index is 1.43. The fourth-order valence-corrected chi connectivity index (χ4v) is 5.04. The lowest BCUT2D eigenvalue weighted by molar-refractivity contribution is -0.141. The molecule has 1 unspecified atom stereocenters. The van der Waals surface area contributed by atoms with Crippen LogP contribution >= 0.6 is 0 Å². The van der Waals surface area contributed by atoms with Crippen LogP contribution < -0.4 is 0 Å². The van der Waals surface area contributed by atoms with Crippen LogP contribution in [0.5, 0.6) is 0 Å². The van der Waals surface area contributed by atoms with Crippen molar-refractivity contribution in [3.8, 4) is 11.1 Å². The van der Waals surface area contributed by atoms with Crippen LogP contribution in [0.1, 0.15) is 49.4 Å². The quantitative estimate of drug-likeness (QED) is 0.372. The van der Waals surface area contributed by atoms with Crippen molar-refractivity contribution in [3.63, 3.8) is 0 Å². The summed E-state index contributed by atoms with van der Waals surface area (Å²) in [5.74, 6) is -4.40. The SMILES string of the molecule is CCCC(F)(F)C(O)C=CC[C@@H]1[C@H]2CC(=O)O[C@H]2C[C@H]1OC(=O)c1ccc(-c2ccccc2)cc1. The first kappa shape index (κ1) is 25.0. The molecule has 1 saturated carbocycles. The van der Waals surface area contributed by atoms with Crippen molar-refractivity contribution in [2.75, 3.05) is 0 Å². The number of aliphatic hydroxyl groups is 1. The summed E-state index contributed by atoms with van der Waals surface area (Å²) >= 11 is 0. The van der Waals surface area contributed by atoms with E-state index in [1.54, 1.807) is 19.1 Å². The maximum atomic E-state index is 13.9. The standard InChI is InChI=1S/C28H30F2O5/c1-2-15-28(29,30)25(31)10-6-9-21-22-16-26(32)34-24(22)17-23(21)35-27(33)20-13-11-19(12-14-20)18-7-4-3-5-8-18/h3-8,10-14,21-25,31H,2,9,15-17H2,1H3/t21-,22-,23-,24+,25?/m1/s1. The molecular formula is C28H30F2O5. The van der Waals surface area contributed by atoms with Crippen LogP contribution in [-0.4, -0.2) is 41.3 Å². The topological polar surface area (TPSA) is 72.8 Å². The zero-order valence-electron chi connectivity index (χ0n) is 19.6. The summed E-state index contributed by atoms with van der Waals surface area (Å²) in [7, 11) is 0. The van der Waals surface area contributed by atoms with Gasteiger partial charge in [-0.25, -0.2) is 13.6 Å². The smallest absolute Gasteiger partial charge is 0.338 e. The Bertz CT molecular complexity index is 1050. The van der Waals surface area contributed by atoms with Crippen LogP contribution in [-0.2, 0) is 14.3 Å². The van der Waals surface area contributed by atoms with Gasteiger partial charge in [0, 0.05) is 24.7 Å². The summed E-state index contributed by atoms with van der Waals surface area (Å²) in [5.41, 5.74) is 2.42. The third-order valence-corrected chi connectivity index (χ3v) is 6.88. The van der Waals surface area contributed by atoms with Gasteiger partial charge in [-0.15, -0.1) is 0 Å². The van der Waals surface area contributed by atoms with Crippen molar-refractivity contribution in [2.45, 2.75) is 63.3 Å². The van der Waals surface area contributed by atoms with Crippen molar-refractivity contribution in [1.82, 2.24) is 0 Å². The molecule has 0 radical (unpaired) electrons. The van der Waals surface area contributed by atoms with E-state index in [0.29, 0.717) is 18.4 Å². The normalized spacial score (nSPS) is 24.9. The van der Waals surface area contributed by atoms with Gasteiger partial charge in [0.2, 0.25) is 0 Å². The van der Waals surface area contributed by atoms with E-state index in [1.807, 2.05) is 42.5 Å². The minimum absolute atomic E-state index is 0.154. The summed E-state index contributed by atoms with van der Waals surface area (Å²) in [5, 5.41) is 9.88. The van der Waals surface area contributed by atoms with Gasteiger partial charge in [0.1, 0.15) is 18.3 Å². The van der Waals surface area contributed by atoms with Gasteiger partial charge in [0.05, 0.1) is 12.0 Å². The Morgan fingerprint density at radius 2 is 1.86 bits per heavy atom. The first-order valence-electron chi connectivity index (χ1n) is 12.1. The van der Waals surface area contributed by atoms with Crippen LogP contribution in [0.4, 0.5) is 8.78 Å². The van der Waals surface area contributed by atoms with E-state index < -0.39 is 30.5 Å². The van der Waals surface area contributed by atoms with E-state index in [-0.39, 0.29) is 36.8 Å². The molecule has 2 fully saturated rings. The van der Waals surface area contributed by atoms with Crippen molar-refractivity contribution in [1.29, 1.82) is 0 Å². The number of carbonyl (C=O) groups excluding carboxylic acids is 2. The number of esters is 2. The van der Waals surface area contributed by atoms with E-state index in [9.17, 15) is 23.5 Å². The number of hydrogen-bond acceptors (Lipinski definition) is 5. The fraction of sp³-hybridized carbons (Fsp3) is 0.429. The van der Waals surface area contributed by atoms with Crippen molar-refractivity contribution in [2.24, 2.45) is 11.8 Å². The molecule has 0 aromatic heterocycles. The van der Waals surface area contributed by atoms with Gasteiger partial charge in [-0.05, 0) is 29.7 Å². The van der Waals surface area contributed by atoms with Gasteiger partial charge >= 0.3 is 11.9 Å². The van der Waals surface area contributed by atoms with Crippen molar-refractivity contribution >= 4 is 11.9 Å². The molecule has 2 aliphatic rings. The second-order valence-corrected chi connectivity index (χ2v) is 9.30. The zero-order chi connectivity index (χ0) is 25.0. The van der Waals surface area contributed by atoms with E-state index in [2.05, 4.69) is 0 Å². The molecule has 0 amide bonds. The first-order valence-corrected chi connectivity index (χ1v) is 12.1. The summed E-state index contributed by atoms with van der Waals surface area (Å²) in [4.78, 5) is 24.7. The number of benzene rings is 2. The molecule has 5 atom stereocenters. The minimum atomic E-state index is -3.20.